The van der Waals surface area contributed by atoms with Crippen molar-refractivity contribution in [3.63, 3.8) is 0 Å². The van der Waals surface area contributed by atoms with Crippen LogP contribution in [0.1, 0.15) is 32.1 Å². The summed E-state index contributed by atoms with van der Waals surface area (Å²) in [5.74, 6) is -0.620. The van der Waals surface area contributed by atoms with Gasteiger partial charge in [-0.25, -0.2) is 4.98 Å². The van der Waals surface area contributed by atoms with Gasteiger partial charge in [0.1, 0.15) is 5.60 Å². The molecule has 4 heterocycles. The molecule has 5 rings (SSSR count). The van der Waals surface area contributed by atoms with E-state index in [1.807, 2.05) is 18.2 Å². The molecule has 1 aliphatic heterocycles. The summed E-state index contributed by atoms with van der Waals surface area (Å²) in [4.78, 5) is 37.6. The van der Waals surface area contributed by atoms with Gasteiger partial charge in [-0.15, -0.1) is 5.10 Å². The molecule has 1 aliphatic carbocycles. The summed E-state index contributed by atoms with van der Waals surface area (Å²) < 4.78 is 7.09. The van der Waals surface area contributed by atoms with E-state index in [0.717, 1.165) is 31.4 Å². The van der Waals surface area contributed by atoms with Gasteiger partial charge in [-0.3, -0.25) is 19.9 Å². The molecule has 0 radical (unpaired) electrons. The smallest absolute Gasteiger partial charge is 0.307 e. The van der Waals surface area contributed by atoms with Crippen LogP contribution in [0.3, 0.4) is 0 Å². The van der Waals surface area contributed by atoms with Crippen LogP contribution in [0.5, 0.6) is 0 Å². The van der Waals surface area contributed by atoms with E-state index < -0.39 is 11.5 Å². The Morgan fingerprint density at radius 3 is 2.82 bits per heavy atom. The number of ether oxygens (including phenoxy) is 1. The van der Waals surface area contributed by atoms with E-state index in [2.05, 4.69) is 25.4 Å². The summed E-state index contributed by atoms with van der Waals surface area (Å²) >= 11 is 0. The quantitative estimate of drug-likeness (QED) is 0.694. The van der Waals surface area contributed by atoms with Crippen molar-refractivity contribution in [3.8, 4) is 11.4 Å². The number of pyridine rings is 1. The predicted octanol–water partition coefficient (Wildman–Crippen LogP) is 2.00. The van der Waals surface area contributed by atoms with Crippen LogP contribution < -0.4 is 5.32 Å². The van der Waals surface area contributed by atoms with Crippen LogP contribution in [-0.2, 0) is 14.3 Å². The Labute approximate surface area is 160 Å². The molecule has 1 N–H and O–H groups in total. The predicted molar refractivity (Wildman–Crippen MR) is 98.0 cm³/mol. The third-order valence-corrected chi connectivity index (χ3v) is 5.49. The molecule has 1 saturated carbocycles. The molecule has 3 aromatic rings. The van der Waals surface area contributed by atoms with Gasteiger partial charge in [0.25, 0.3) is 11.7 Å². The fourth-order valence-electron chi connectivity index (χ4n) is 4.20. The van der Waals surface area contributed by atoms with Crippen molar-refractivity contribution >= 4 is 23.6 Å². The van der Waals surface area contributed by atoms with Crippen LogP contribution >= 0.6 is 0 Å². The molecular formula is C19H18N6O3. The molecule has 0 bridgehead atoms. The molecule has 2 aliphatic rings. The molecule has 9 heteroatoms. The number of amides is 1. The lowest BCUT2D eigenvalue weighted by Gasteiger charge is -2.27. The van der Waals surface area contributed by atoms with Crippen LogP contribution in [0.2, 0.25) is 0 Å². The van der Waals surface area contributed by atoms with Crippen LogP contribution in [0, 0.1) is 5.92 Å². The summed E-state index contributed by atoms with van der Waals surface area (Å²) in [6.07, 6.45) is 6.77. The Morgan fingerprint density at radius 2 is 2.04 bits per heavy atom. The number of esters is 1. The van der Waals surface area contributed by atoms with E-state index in [1.165, 1.54) is 0 Å². The molecule has 1 atom stereocenters. The van der Waals surface area contributed by atoms with Crippen molar-refractivity contribution in [2.75, 3.05) is 5.32 Å². The van der Waals surface area contributed by atoms with Crippen LogP contribution in [0.25, 0.3) is 17.2 Å². The fourth-order valence-corrected chi connectivity index (χ4v) is 4.20. The van der Waals surface area contributed by atoms with E-state index in [-0.39, 0.29) is 24.2 Å². The van der Waals surface area contributed by atoms with Crippen LogP contribution in [0.4, 0.5) is 5.95 Å². The summed E-state index contributed by atoms with van der Waals surface area (Å²) in [7, 11) is 0. The zero-order valence-electron chi connectivity index (χ0n) is 15.0. The highest BCUT2D eigenvalue weighted by Gasteiger charge is 2.54. The van der Waals surface area contributed by atoms with Crippen molar-refractivity contribution in [1.29, 1.82) is 0 Å². The fraction of sp³-hybridized carbons (Fsp3) is 0.368. The molecule has 3 aromatic heterocycles. The Morgan fingerprint density at radius 1 is 1.18 bits per heavy atom. The number of nitrogens with zero attached hydrogens (tertiary/aromatic N) is 5. The highest BCUT2D eigenvalue weighted by Crippen LogP contribution is 2.45. The second kappa shape index (κ2) is 6.36. The minimum atomic E-state index is -0.669. The Kier molecular flexibility index (Phi) is 3.81. The summed E-state index contributed by atoms with van der Waals surface area (Å²) in [5, 5.41) is 7.13. The first kappa shape index (κ1) is 16.8. The van der Waals surface area contributed by atoms with Gasteiger partial charge in [0, 0.05) is 12.4 Å². The third-order valence-electron chi connectivity index (χ3n) is 5.49. The van der Waals surface area contributed by atoms with Crippen molar-refractivity contribution in [3.05, 3.63) is 36.7 Å². The van der Waals surface area contributed by atoms with Gasteiger partial charge in [-0.2, -0.15) is 9.50 Å². The highest BCUT2D eigenvalue weighted by atomic mass is 16.6. The lowest BCUT2D eigenvalue weighted by molar-refractivity contribution is -0.149. The number of hydrogen-bond donors (Lipinski definition) is 1. The number of anilines is 1. The third kappa shape index (κ3) is 2.70. The van der Waals surface area contributed by atoms with Gasteiger partial charge in [0.05, 0.1) is 23.7 Å². The maximum atomic E-state index is 12.9. The minimum absolute atomic E-state index is 0.0939. The molecule has 0 aromatic carbocycles. The standard InChI is InChI=1S/C19H18N6O3/c26-15-11-12(19(28-15)7-2-3-8-19)16(27)22-17-23-18-21-10-6-14(25(18)24-17)13-5-1-4-9-20-13/h1,4-6,9-10,12H,2-3,7-8,11H2,(H,22,24,27). The molecule has 1 spiro atoms. The zero-order valence-corrected chi connectivity index (χ0v) is 15.0. The van der Waals surface area contributed by atoms with Crippen molar-refractivity contribution < 1.29 is 14.3 Å². The lowest BCUT2D eigenvalue weighted by Crippen LogP contribution is -2.39. The zero-order chi connectivity index (χ0) is 19.1. The average molecular weight is 378 g/mol. The average Bonchev–Trinajstić information content (AvgIpc) is 3.41. The van der Waals surface area contributed by atoms with E-state index in [1.54, 1.807) is 23.0 Å². The number of fused-ring (bicyclic) bond motifs is 1. The molecule has 9 nitrogen and oxygen atoms in total. The monoisotopic (exact) mass is 378 g/mol. The first-order valence-corrected chi connectivity index (χ1v) is 9.31. The first-order chi connectivity index (χ1) is 13.6. The van der Waals surface area contributed by atoms with E-state index >= 15 is 0 Å². The second-order valence-corrected chi connectivity index (χ2v) is 7.18. The molecule has 1 saturated heterocycles. The van der Waals surface area contributed by atoms with Crippen molar-refractivity contribution in [2.24, 2.45) is 5.92 Å². The maximum absolute atomic E-state index is 12.9. The topological polar surface area (TPSA) is 111 Å². The number of nitrogens with one attached hydrogen (secondary N) is 1. The van der Waals surface area contributed by atoms with Crippen LogP contribution in [0.15, 0.2) is 36.7 Å². The van der Waals surface area contributed by atoms with E-state index in [0.29, 0.717) is 11.5 Å². The number of carbonyl (C=O) groups excluding carboxylic acids is 2. The van der Waals surface area contributed by atoms with E-state index in [9.17, 15) is 9.59 Å². The van der Waals surface area contributed by atoms with Gasteiger partial charge >= 0.3 is 5.97 Å². The minimum Gasteiger partial charge on any atom is -0.458 e. The highest BCUT2D eigenvalue weighted by molar-refractivity contribution is 5.96. The summed E-state index contributed by atoms with van der Waals surface area (Å²) in [6, 6.07) is 7.36. The van der Waals surface area contributed by atoms with Gasteiger partial charge in [-0.05, 0) is 43.9 Å². The van der Waals surface area contributed by atoms with Gasteiger partial charge in [0.2, 0.25) is 5.91 Å². The maximum Gasteiger partial charge on any atom is 0.307 e. The molecule has 28 heavy (non-hydrogen) atoms. The number of hydrogen-bond acceptors (Lipinski definition) is 7. The Hall–Kier alpha value is -3.36. The normalized spacial score (nSPS) is 20.6. The second-order valence-electron chi connectivity index (χ2n) is 7.18. The molecule has 1 unspecified atom stereocenters. The molecular weight excluding hydrogens is 360 g/mol. The van der Waals surface area contributed by atoms with E-state index in [4.69, 9.17) is 4.74 Å². The SMILES string of the molecule is O=C1CC(C(=O)Nc2nc3nccc(-c4ccccn4)n3n2)C2(CCCC2)O1. The molecule has 142 valence electrons. The van der Waals surface area contributed by atoms with Gasteiger partial charge < -0.3 is 4.74 Å². The summed E-state index contributed by atoms with van der Waals surface area (Å²) in [6.45, 7) is 0. The van der Waals surface area contributed by atoms with Crippen molar-refractivity contribution in [2.45, 2.75) is 37.7 Å². The summed E-state index contributed by atoms with van der Waals surface area (Å²) in [5.41, 5.74) is 0.764. The number of carbonyl (C=O) groups is 2. The largest absolute Gasteiger partial charge is 0.458 e. The Balaban J connectivity index is 1.44. The first-order valence-electron chi connectivity index (χ1n) is 9.31. The van der Waals surface area contributed by atoms with Crippen LogP contribution in [-0.4, -0.2) is 42.0 Å². The Bertz CT molecular complexity index is 1060. The molecule has 2 fully saturated rings. The van der Waals surface area contributed by atoms with Gasteiger partial charge in [0.15, 0.2) is 0 Å². The van der Waals surface area contributed by atoms with Crippen molar-refractivity contribution in [1.82, 2.24) is 24.6 Å². The number of aromatic nitrogens is 5. The lowest BCUT2D eigenvalue weighted by atomic mass is 9.85. The number of rotatable bonds is 3. The van der Waals surface area contributed by atoms with Gasteiger partial charge in [-0.1, -0.05) is 6.07 Å². The molecule has 1 amide bonds.